The van der Waals surface area contributed by atoms with Crippen molar-refractivity contribution in [2.45, 2.75) is 76.8 Å². The lowest BCUT2D eigenvalue weighted by molar-refractivity contribution is -0.151. The first kappa shape index (κ1) is 31.1. The summed E-state index contributed by atoms with van der Waals surface area (Å²) in [6.45, 7) is 10.7. The van der Waals surface area contributed by atoms with E-state index in [1.807, 2.05) is 6.92 Å². The molecule has 2 unspecified atom stereocenters. The normalized spacial score (nSPS) is 23.2. The van der Waals surface area contributed by atoms with E-state index in [2.05, 4.69) is 10.6 Å². The van der Waals surface area contributed by atoms with Gasteiger partial charge in [-0.05, 0) is 58.2 Å². The van der Waals surface area contributed by atoms with E-state index in [-0.39, 0.29) is 24.9 Å². The van der Waals surface area contributed by atoms with Gasteiger partial charge in [0.25, 0.3) is 0 Å². The summed E-state index contributed by atoms with van der Waals surface area (Å²) < 4.78 is 22.8. The molecule has 0 aromatic heterocycles. The van der Waals surface area contributed by atoms with E-state index in [0.717, 1.165) is 0 Å². The third kappa shape index (κ3) is 8.42. The Bertz CT molecular complexity index is 925. The molecule has 2 aliphatic rings. The topological polar surface area (TPSA) is 139 Å². The number of rotatable bonds is 10. The minimum absolute atomic E-state index is 0. The molecule has 3 rings (SSSR count). The maximum Gasteiger partial charge on any atom is 0.320 e. The molecule has 210 valence electrons. The van der Waals surface area contributed by atoms with E-state index in [9.17, 15) is 19.8 Å². The van der Waals surface area contributed by atoms with E-state index < -0.39 is 35.3 Å². The Morgan fingerprint density at radius 2 is 1.95 bits per heavy atom. The average molecular weight is 546 g/mol. The molecule has 1 aromatic rings. The van der Waals surface area contributed by atoms with Crippen molar-refractivity contribution in [3.63, 3.8) is 0 Å². The third-order valence-electron chi connectivity index (χ3n) is 6.39. The van der Waals surface area contributed by atoms with Crippen LogP contribution in [0.25, 0.3) is 0 Å². The zero-order valence-electron chi connectivity index (χ0n) is 22.1. The molecular formula is C25H40ClN3O8. The zero-order chi connectivity index (χ0) is 26.6. The standard InChI is InChI=1S/C25H39N3O8.ClH/c1-6-20(26-25(5,32)27-22(31)28-10-12-33-13-11-28)35-18-9-7-8-17(14-18)24(4,21(29)30)15-19-16-34-23(2,3)36-19;/h7-9,14,19-20,26,32H,6,10-13,15-16H2,1-5H3,(H,27,31)(H,29,30);1H/t19-,20?,24?,25-;/m0./s1. The first-order valence-electron chi connectivity index (χ1n) is 12.3. The van der Waals surface area contributed by atoms with Gasteiger partial charge in [-0.3, -0.25) is 10.1 Å². The number of hydrogen-bond acceptors (Lipinski definition) is 8. The highest BCUT2D eigenvalue weighted by Crippen LogP contribution is 2.36. The van der Waals surface area contributed by atoms with Crippen LogP contribution in [0.1, 0.15) is 53.0 Å². The fraction of sp³-hybridized carbons (Fsp3) is 0.680. The molecule has 11 nitrogen and oxygen atoms in total. The second kappa shape index (κ2) is 12.6. The molecule has 2 saturated heterocycles. The number of carboxylic acids is 1. The molecule has 2 aliphatic heterocycles. The fourth-order valence-corrected chi connectivity index (χ4v) is 4.34. The summed E-state index contributed by atoms with van der Waals surface area (Å²) in [5.41, 5.74) is -0.677. The van der Waals surface area contributed by atoms with Crippen molar-refractivity contribution in [2.75, 3.05) is 32.9 Å². The second-order valence-corrected chi connectivity index (χ2v) is 10.1. The summed E-state index contributed by atoms with van der Waals surface area (Å²) in [4.78, 5) is 26.4. The summed E-state index contributed by atoms with van der Waals surface area (Å²) in [5, 5.41) is 26.3. The summed E-state index contributed by atoms with van der Waals surface area (Å²) in [6.07, 6.45) is -0.330. The Hall–Kier alpha value is -2.15. The Morgan fingerprint density at radius 3 is 2.51 bits per heavy atom. The molecule has 0 saturated carbocycles. The lowest BCUT2D eigenvalue weighted by Gasteiger charge is -2.34. The number of carboxylic acid groups (broad SMARTS) is 1. The molecule has 4 N–H and O–H groups in total. The Balaban J connectivity index is 0.00000481. The van der Waals surface area contributed by atoms with E-state index in [1.165, 1.54) is 6.92 Å². The first-order chi connectivity index (χ1) is 16.8. The van der Waals surface area contributed by atoms with Crippen molar-refractivity contribution in [3.8, 4) is 5.75 Å². The Labute approximate surface area is 224 Å². The Kier molecular flexibility index (Phi) is 10.6. The summed E-state index contributed by atoms with van der Waals surface area (Å²) in [6, 6.07) is 6.46. The number of nitrogens with one attached hydrogen (secondary N) is 2. The van der Waals surface area contributed by atoms with Crippen molar-refractivity contribution in [1.82, 2.24) is 15.5 Å². The highest BCUT2D eigenvalue weighted by atomic mass is 35.5. The Morgan fingerprint density at radius 1 is 1.27 bits per heavy atom. The van der Waals surface area contributed by atoms with Gasteiger partial charge in [-0.2, -0.15) is 0 Å². The predicted octanol–water partition coefficient (Wildman–Crippen LogP) is 2.40. The first-order valence-corrected chi connectivity index (χ1v) is 12.3. The lowest BCUT2D eigenvalue weighted by Crippen LogP contribution is -2.63. The number of aliphatic hydroxyl groups is 1. The van der Waals surface area contributed by atoms with Crippen LogP contribution in [-0.2, 0) is 24.4 Å². The monoisotopic (exact) mass is 545 g/mol. The van der Waals surface area contributed by atoms with Gasteiger partial charge in [-0.15, -0.1) is 12.4 Å². The molecule has 4 atom stereocenters. The summed E-state index contributed by atoms with van der Waals surface area (Å²) >= 11 is 0. The number of halogens is 1. The van der Waals surface area contributed by atoms with Crippen LogP contribution in [0.15, 0.2) is 24.3 Å². The van der Waals surface area contributed by atoms with E-state index in [0.29, 0.717) is 50.6 Å². The number of nitrogens with zero attached hydrogens (tertiary/aromatic N) is 1. The fourth-order valence-electron chi connectivity index (χ4n) is 4.34. The molecule has 2 amide bonds. The second-order valence-electron chi connectivity index (χ2n) is 10.1. The van der Waals surface area contributed by atoms with Crippen molar-refractivity contribution >= 4 is 24.4 Å². The van der Waals surface area contributed by atoms with E-state index in [1.54, 1.807) is 49.9 Å². The van der Waals surface area contributed by atoms with Crippen LogP contribution in [0.4, 0.5) is 4.79 Å². The number of hydrogen-bond donors (Lipinski definition) is 4. The van der Waals surface area contributed by atoms with Crippen molar-refractivity contribution in [2.24, 2.45) is 0 Å². The number of carbonyl (C=O) groups excluding carboxylic acids is 1. The maximum atomic E-state index is 12.5. The van der Waals surface area contributed by atoms with Gasteiger partial charge in [0, 0.05) is 13.1 Å². The SMILES string of the molecule is CCC(N[C@](C)(O)NC(=O)N1CCOCC1)Oc1cccc(C(C)(C[C@H]2COC(C)(C)O2)C(=O)O)c1.Cl. The molecular weight excluding hydrogens is 506 g/mol. The number of amides is 2. The number of benzene rings is 1. The van der Waals surface area contributed by atoms with Crippen LogP contribution in [0.3, 0.4) is 0 Å². The van der Waals surface area contributed by atoms with Crippen LogP contribution in [0.5, 0.6) is 5.75 Å². The molecule has 2 heterocycles. The van der Waals surface area contributed by atoms with Gasteiger partial charge in [-0.25, -0.2) is 10.1 Å². The van der Waals surface area contributed by atoms with Crippen LogP contribution in [-0.4, -0.2) is 84.0 Å². The number of morpholine rings is 1. The third-order valence-corrected chi connectivity index (χ3v) is 6.39. The van der Waals surface area contributed by atoms with Gasteiger partial charge in [-0.1, -0.05) is 19.1 Å². The van der Waals surface area contributed by atoms with Gasteiger partial charge in [0.05, 0.1) is 31.3 Å². The number of ether oxygens (including phenoxy) is 4. The number of urea groups is 1. The van der Waals surface area contributed by atoms with Gasteiger partial charge < -0.3 is 34.1 Å². The summed E-state index contributed by atoms with van der Waals surface area (Å²) in [5.74, 6) is -3.04. The highest BCUT2D eigenvalue weighted by molar-refractivity contribution is 5.85. The number of aliphatic carboxylic acids is 1. The molecule has 37 heavy (non-hydrogen) atoms. The van der Waals surface area contributed by atoms with Gasteiger partial charge in [0.1, 0.15) is 5.75 Å². The summed E-state index contributed by atoms with van der Waals surface area (Å²) in [7, 11) is 0. The van der Waals surface area contributed by atoms with Gasteiger partial charge >= 0.3 is 12.0 Å². The largest absolute Gasteiger partial charge is 0.481 e. The van der Waals surface area contributed by atoms with Crippen LogP contribution < -0.4 is 15.4 Å². The minimum atomic E-state index is -1.74. The molecule has 0 radical (unpaired) electrons. The molecule has 0 bridgehead atoms. The van der Waals surface area contributed by atoms with Crippen LogP contribution in [0, 0.1) is 0 Å². The molecule has 12 heteroatoms. The molecule has 0 aliphatic carbocycles. The zero-order valence-corrected chi connectivity index (χ0v) is 22.9. The average Bonchev–Trinajstić information content (AvgIpc) is 3.16. The highest BCUT2D eigenvalue weighted by Gasteiger charge is 2.43. The predicted molar refractivity (Wildman–Crippen MR) is 138 cm³/mol. The molecule has 0 spiro atoms. The number of carbonyl (C=O) groups is 2. The van der Waals surface area contributed by atoms with E-state index in [4.69, 9.17) is 18.9 Å². The van der Waals surface area contributed by atoms with Crippen molar-refractivity contribution in [1.29, 1.82) is 0 Å². The quantitative estimate of drug-likeness (QED) is 0.326. The van der Waals surface area contributed by atoms with Crippen molar-refractivity contribution in [3.05, 3.63) is 29.8 Å². The lowest BCUT2D eigenvalue weighted by atomic mass is 9.78. The smallest absolute Gasteiger partial charge is 0.320 e. The minimum Gasteiger partial charge on any atom is -0.481 e. The molecule has 1 aromatic carbocycles. The van der Waals surface area contributed by atoms with Gasteiger partial charge in [0.15, 0.2) is 17.9 Å². The maximum absolute atomic E-state index is 12.5. The van der Waals surface area contributed by atoms with Crippen molar-refractivity contribution < 1.29 is 38.7 Å². The van der Waals surface area contributed by atoms with Gasteiger partial charge in [0.2, 0.25) is 0 Å². The van der Waals surface area contributed by atoms with Crippen LogP contribution >= 0.6 is 12.4 Å². The molecule has 2 fully saturated rings. The van der Waals surface area contributed by atoms with E-state index >= 15 is 0 Å². The van der Waals surface area contributed by atoms with Crippen LogP contribution in [0.2, 0.25) is 0 Å².